The summed E-state index contributed by atoms with van der Waals surface area (Å²) in [6, 6.07) is 10.3. The van der Waals surface area contributed by atoms with Crippen LogP contribution in [0.3, 0.4) is 0 Å². The molecule has 6 heteroatoms. The number of halogens is 1. The lowest BCUT2D eigenvalue weighted by Crippen LogP contribution is -1.94. The zero-order valence-corrected chi connectivity index (χ0v) is 13.0. The second kappa shape index (κ2) is 5.48. The second-order valence-electron chi connectivity index (χ2n) is 5.00. The highest BCUT2D eigenvalue weighted by atomic mass is 32.1. The molecule has 1 N–H and O–H groups in total. The van der Waals surface area contributed by atoms with Crippen molar-refractivity contribution in [3.63, 3.8) is 0 Å². The molecule has 0 radical (unpaired) electrons. The number of hydrogen-bond donors (Lipinski definition) is 1. The van der Waals surface area contributed by atoms with Crippen LogP contribution in [0.25, 0.3) is 21.0 Å². The Balaban J connectivity index is 1.81. The summed E-state index contributed by atoms with van der Waals surface area (Å²) in [6.07, 6.45) is 3.57. The van der Waals surface area contributed by atoms with Crippen LogP contribution in [0.1, 0.15) is 0 Å². The monoisotopic (exact) mass is 325 g/mol. The van der Waals surface area contributed by atoms with Crippen molar-refractivity contribution < 1.29 is 9.13 Å². The van der Waals surface area contributed by atoms with E-state index in [0.29, 0.717) is 16.6 Å². The van der Waals surface area contributed by atoms with Gasteiger partial charge in [-0.15, -0.1) is 0 Å². The number of anilines is 2. The molecule has 4 aromatic rings. The second-order valence-corrected chi connectivity index (χ2v) is 6.03. The number of rotatable bonds is 3. The summed E-state index contributed by atoms with van der Waals surface area (Å²) in [5.74, 6) is 0.241. The Labute approximate surface area is 135 Å². The van der Waals surface area contributed by atoms with E-state index in [9.17, 15) is 4.39 Å². The van der Waals surface area contributed by atoms with Gasteiger partial charge in [0.1, 0.15) is 11.6 Å². The van der Waals surface area contributed by atoms with Crippen LogP contribution in [0.4, 0.5) is 15.2 Å². The van der Waals surface area contributed by atoms with Gasteiger partial charge in [-0.2, -0.15) is 0 Å². The van der Waals surface area contributed by atoms with Gasteiger partial charge in [-0.3, -0.25) is 4.98 Å². The Kier molecular flexibility index (Phi) is 3.31. The first-order valence-electron chi connectivity index (χ1n) is 6.98. The molecule has 2 aromatic heterocycles. The molecule has 0 amide bonds. The van der Waals surface area contributed by atoms with Crippen LogP contribution < -0.4 is 10.1 Å². The Morgan fingerprint density at radius 1 is 1.17 bits per heavy atom. The lowest BCUT2D eigenvalue weighted by atomic mass is 10.1. The number of ether oxygens (including phenoxy) is 1. The summed E-state index contributed by atoms with van der Waals surface area (Å²) < 4.78 is 19.8. The largest absolute Gasteiger partial charge is 0.495 e. The zero-order valence-electron chi connectivity index (χ0n) is 12.2. The molecule has 0 aliphatic heterocycles. The molecule has 0 saturated heterocycles. The third-order valence-corrected chi connectivity index (χ3v) is 4.51. The molecule has 2 heterocycles. The van der Waals surface area contributed by atoms with Gasteiger partial charge in [-0.25, -0.2) is 9.37 Å². The van der Waals surface area contributed by atoms with Crippen molar-refractivity contribution in [1.82, 2.24) is 9.97 Å². The molecule has 114 valence electrons. The van der Waals surface area contributed by atoms with Crippen LogP contribution in [0.5, 0.6) is 5.75 Å². The van der Waals surface area contributed by atoms with E-state index in [4.69, 9.17) is 4.74 Å². The van der Waals surface area contributed by atoms with Gasteiger partial charge in [0, 0.05) is 29.2 Å². The van der Waals surface area contributed by atoms with Crippen molar-refractivity contribution >= 4 is 43.1 Å². The summed E-state index contributed by atoms with van der Waals surface area (Å²) in [4.78, 5) is 8.77. The first-order valence-corrected chi connectivity index (χ1v) is 7.80. The minimum atomic E-state index is -0.328. The molecule has 23 heavy (non-hydrogen) atoms. The lowest BCUT2D eigenvalue weighted by Gasteiger charge is -2.08. The van der Waals surface area contributed by atoms with E-state index in [1.165, 1.54) is 23.5 Å². The Bertz CT molecular complexity index is 1020. The summed E-state index contributed by atoms with van der Waals surface area (Å²) in [7, 11) is 1.55. The molecule has 2 aromatic carbocycles. The predicted molar refractivity (Wildman–Crippen MR) is 91.2 cm³/mol. The Morgan fingerprint density at radius 3 is 2.96 bits per heavy atom. The third-order valence-electron chi connectivity index (χ3n) is 3.58. The number of thiazole rings is 1. The fourth-order valence-electron chi connectivity index (χ4n) is 2.51. The average Bonchev–Trinajstić information content (AvgIpc) is 2.98. The molecule has 0 fully saturated rings. The summed E-state index contributed by atoms with van der Waals surface area (Å²) >= 11 is 1.51. The molecule has 4 nitrogen and oxygen atoms in total. The average molecular weight is 325 g/mol. The van der Waals surface area contributed by atoms with Gasteiger partial charge in [0.05, 0.1) is 23.0 Å². The Morgan fingerprint density at radius 2 is 2.09 bits per heavy atom. The first kappa shape index (κ1) is 13.9. The number of fused-ring (bicyclic) bond motifs is 3. The van der Waals surface area contributed by atoms with E-state index in [2.05, 4.69) is 15.3 Å². The van der Waals surface area contributed by atoms with Crippen molar-refractivity contribution in [2.24, 2.45) is 0 Å². The maximum atomic E-state index is 13.5. The number of benzene rings is 2. The third kappa shape index (κ3) is 2.47. The molecule has 0 bridgehead atoms. The van der Waals surface area contributed by atoms with Gasteiger partial charge >= 0.3 is 0 Å². The fourth-order valence-corrected chi connectivity index (χ4v) is 3.40. The summed E-state index contributed by atoms with van der Waals surface area (Å²) in [5.41, 5.74) is 1.46. The van der Waals surface area contributed by atoms with Crippen LogP contribution >= 0.6 is 11.3 Å². The molecule has 0 aliphatic rings. The lowest BCUT2D eigenvalue weighted by molar-refractivity contribution is 0.416. The van der Waals surface area contributed by atoms with Crippen LogP contribution in [-0.4, -0.2) is 17.1 Å². The van der Waals surface area contributed by atoms with Gasteiger partial charge in [0.25, 0.3) is 0 Å². The van der Waals surface area contributed by atoms with Crippen LogP contribution in [0, 0.1) is 5.82 Å². The van der Waals surface area contributed by atoms with E-state index in [1.54, 1.807) is 19.4 Å². The normalized spacial score (nSPS) is 11.0. The predicted octanol–water partition coefficient (Wildman–Crippen LogP) is 4.74. The zero-order chi connectivity index (χ0) is 15.8. The van der Waals surface area contributed by atoms with Crippen LogP contribution in [0.15, 0.2) is 48.8 Å². The van der Waals surface area contributed by atoms with Crippen LogP contribution in [-0.2, 0) is 0 Å². The molecule has 0 unspecified atom stereocenters. The maximum Gasteiger partial charge on any atom is 0.188 e. The highest BCUT2D eigenvalue weighted by molar-refractivity contribution is 7.22. The summed E-state index contributed by atoms with van der Waals surface area (Å²) in [6.45, 7) is 0. The SMILES string of the molecule is COc1ccc(F)cc1Nc1nc2c(ccc3cnccc32)s1. The molecule has 0 aliphatic carbocycles. The molecular weight excluding hydrogens is 313 g/mol. The van der Waals surface area contributed by atoms with Crippen molar-refractivity contribution in [3.05, 3.63) is 54.6 Å². The van der Waals surface area contributed by atoms with E-state index in [0.717, 1.165) is 21.0 Å². The maximum absolute atomic E-state index is 13.5. The van der Waals surface area contributed by atoms with E-state index in [1.807, 2.05) is 24.4 Å². The van der Waals surface area contributed by atoms with Gasteiger partial charge in [-0.1, -0.05) is 17.4 Å². The number of methoxy groups -OCH3 is 1. The topological polar surface area (TPSA) is 47.0 Å². The highest BCUT2D eigenvalue weighted by Crippen LogP contribution is 2.35. The number of nitrogens with zero attached hydrogens (tertiary/aromatic N) is 2. The van der Waals surface area contributed by atoms with Crippen molar-refractivity contribution in [2.75, 3.05) is 12.4 Å². The number of pyridine rings is 1. The quantitative estimate of drug-likeness (QED) is 0.591. The number of nitrogens with one attached hydrogen (secondary N) is 1. The van der Waals surface area contributed by atoms with Crippen molar-refractivity contribution in [2.45, 2.75) is 0 Å². The van der Waals surface area contributed by atoms with Crippen molar-refractivity contribution in [1.29, 1.82) is 0 Å². The summed E-state index contributed by atoms with van der Waals surface area (Å²) in [5, 5.41) is 5.92. The minimum absolute atomic E-state index is 0.328. The van der Waals surface area contributed by atoms with Gasteiger partial charge in [-0.05, 0) is 24.3 Å². The standard InChI is InChI=1S/C17H12FN3OS/c1-22-14-4-3-11(18)8-13(14)20-17-21-16-12-6-7-19-9-10(12)2-5-15(16)23-17/h2-9H,1H3,(H,20,21). The molecule has 0 spiro atoms. The van der Waals surface area contributed by atoms with E-state index >= 15 is 0 Å². The number of aromatic nitrogens is 2. The first-order chi connectivity index (χ1) is 11.2. The van der Waals surface area contributed by atoms with Crippen LogP contribution in [0.2, 0.25) is 0 Å². The molecular formula is C17H12FN3OS. The van der Waals surface area contributed by atoms with E-state index < -0.39 is 0 Å². The van der Waals surface area contributed by atoms with E-state index in [-0.39, 0.29) is 5.82 Å². The minimum Gasteiger partial charge on any atom is -0.495 e. The molecule has 0 atom stereocenters. The Hall–Kier alpha value is -2.73. The molecule has 0 saturated carbocycles. The van der Waals surface area contributed by atoms with Gasteiger partial charge < -0.3 is 10.1 Å². The van der Waals surface area contributed by atoms with Crippen molar-refractivity contribution in [3.8, 4) is 5.75 Å². The number of hydrogen-bond acceptors (Lipinski definition) is 5. The van der Waals surface area contributed by atoms with Gasteiger partial charge in [0.2, 0.25) is 0 Å². The highest BCUT2D eigenvalue weighted by Gasteiger charge is 2.10. The molecule has 4 rings (SSSR count). The van der Waals surface area contributed by atoms with Gasteiger partial charge in [0.15, 0.2) is 5.13 Å². The smallest absolute Gasteiger partial charge is 0.188 e. The fraction of sp³-hybridized carbons (Fsp3) is 0.0588.